The van der Waals surface area contributed by atoms with Gasteiger partial charge in [-0.1, -0.05) is 50.1 Å². The SMILES string of the molecule is CCC(C)CC(CCl)(CCl)c1ccccc1Cl. The van der Waals surface area contributed by atoms with Crippen molar-refractivity contribution in [3.8, 4) is 0 Å². The minimum atomic E-state index is -0.211. The molecule has 0 fully saturated rings. The minimum Gasteiger partial charge on any atom is -0.126 e. The van der Waals surface area contributed by atoms with Crippen molar-refractivity contribution >= 4 is 34.8 Å². The fraction of sp³-hybridized carbons (Fsp3) is 0.571. The second-order valence-corrected chi connectivity index (χ2v) is 5.69. The molecule has 0 aromatic heterocycles. The van der Waals surface area contributed by atoms with Gasteiger partial charge in [0, 0.05) is 22.2 Å². The van der Waals surface area contributed by atoms with E-state index in [0.717, 1.165) is 23.4 Å². The molecule has 0 bridgehead atoms. The van der Waals surface area contributed by atoms with Crippen LogP contribution in [0.3, 0.4) is 0 Å². The van der Waals surface area contributed by atoms with Gasteiger partial charge in [-0.05, 0) is 24.0 Å². The molecule has 17 heavy (non-hydrogen) atoms. The number of halogens is 3. The Morgan fingerprint density at radius 1 is 1.18 bits per heavy atom. The van der Waals surface area contributed by atoms with Crippen molar-refractivity contribution in [2.45, 2.75) is 32.1 Å². The van der Waals surface area contributed by atoms with Crippen molar-refractivity contribution in [1.82, 2.24) is 0 Å². The molecule has 0 spiro atoms. The zero-order valence-corrected chi connectivity index (χ0v) is 12.6. The molecule has 3 heteroatoms. The summed E-state index contributed by atoms with van der Waals surface area (Å²) in [5, 5.41) is 0.761. The molecule has 0 aliphatic rings. The van der Waals surface area contributed by atoms with Crippen molar-refractivity contribution in [3.63, 3.8) is 0 Å². The molecular weight excluding hydrogens is 275 g/mol. The second-order valence-electron chi connectivity index (χ2n) is 4.74. The Labute approximate surface area is 119 Å². The maximum atomic E-state index is 6.28. The lowest BCUT2D eigenvalue weighted by atomic mass is 9.76. The maximum absolute atomic E-state index is 6.28. The first-order valence-corrected chi connectivity index (χ1v) is 7.41. The van der Waals surface area contributed by atoms with E-state index in [1.165, 1.54) is 0 Å². The summed E-state index contributed by atoms with van der Waals surface area (Å²) in [4.78, 5) is 0. The van der Waals surface area contributed by atoms with Gasteiger partial charge in [-0.3, -0.25) is 0 Å². The first-order valence-electron chi connectivity index (χ1n) is 5.96. The highest BCUT2D eigenvalue weighted by atomic mass is 35.5. The van der Waals surface area contributed by atoms with E-state index >= 15 is 0 Å². The van der Waals surface area contributed by atoms with Crippen LogP contribution in [0.25, 0.3) is 0 Å². The number of hydrogen-bond acceptors (Lipinski definition) is 0. The number of rotatable bonds is 6. The summed E-state index contributed by atoms with van der Waals surface area (Å²) < 4.78 is 0. The molecule has 0 N–H and O–H groups in total. The van der Waals surface area contributed by atoms with E-state index in [1.54, 1.807) is 0 Å². The molecule has 0 nitrogen and oxygen atoms in total. The Morgan fingerprint density at radius 2 is 1.76 bits per heavy atom. The highest BCUT2D eigenvalue weighted by Gasteiger charge is 2.33. The van der Waals surface area contributed by atoms with Gasteiger partial charge in [0.15, 0.2) is 0 Å². The zero-order valence-electron chi connectivity index (χ0n) is 10.3. The highest BCUT2D eigenvalue weighted by molar-refractivity contribution is 6.32. The van der Waals surface area contributed by atoms with Crippen molar-refractivity contribution in [2.24, 2.45) is 5.92 Å². The van der Waals surface area contributed by atoms with Gasteiger partial charge in [-0.15, -0.1) is 23.2 Å². The monoisotopic (exact) mass is 292 g/mol. The van der Waals surface area contributed by atoms with Crippen molar-refractivity contribution in [2.75, 3.05) is 11.8 Å². The van der Waals surface area contributed by atoms with E-state index in [9.17, 15) is 0 Å². The van der Waals surface area contributed by atoms with Crippen LogP contribution in [-0.4, -0.2) is 11.8 Å². The quantitative estimate of drug-likeness (QED) is 0.608. The molecule has 0 aliphatic carbocycles. The highest BCUT2D eigenvalue weighted by Crippen LogP contribution is 2.38. The summed E-state index contributed by atoms with van der Waals surface area (Å²) >= 11 is 18.7. The molecule has 0 heterocycles. The van der Waals surface area contributed by atoms with Gasteiger partial charge in [0.05, 0.1) is 0 Å². The van der Waals surface area contributed by atoms with Crippen molar-refractivity contribution in [3.05, 3.63) is 34.9 Å². The van der Waals surface area contributed by atoms with Gasteiger partial charge in [-0.2, -0.15) is 0 Å². The lowest BCUT2D eigenvalue weighted by Gasteiger charge is -2.33. The van der Waals surface area contributed by atoms with E-state index in [0.29, 0.717) is 17.7 Å². The van der Waals surface area contributed by atoms with E-state index < -0.39 is 0 Å². The van der Waals surface area contributed by atoms with E-state index in [1.807, 2.05) is 24.3 Å². The average Bonchev–Trinajstić information content (AvgIpc) is 2.36. The summed E-state index contributed by atoms with van der Waals surface area (Å²) in [6.07, 6.45) is 2.10. The standard InChI is InChI=1S/C14H19Cl3/c1-3-11(2)8-14(9-15,10-16)12-6-4-5-7-13(12)17/h4-7,11H,3,8-10H2,1-2H3. The molecule has 1 rings (SSSR count). The third-order valence-electron chi connectivity index (χ3n) is 3.39. The Bertz CT molecular complexity index is 345. The van der Waals surface area contributed by atoms with Crippen LogP contribution in [0, 0.1) is 5.92 Å². The first kappa shape index (κ1) is 15.1. The predicted molar refractivity (Wildman–Crippen MR) is 78.6 cm³/mol. The summed E-state index contributed by atoms with van der Waals surface area (Å²) in [5.41, 5.74) is 0.864. The molecule has 96 valence electrons. The molecule has 0 amide bonds. The molecule has 1 aromatic rings. The molecule has 1 aromatic carbocycles. The van der Waals surface area contributed by atoms with Crippen LogP contribution in [0.5, 0.6) is 0 Å². The van der Waals surface area contributed by atoms with Crippen LogP contribution >= 0.6 is 34.8 Å². The van der Waals surface area contributed by atoms with Gasteiger partial charge in [0.25, 0.3) is 0 Å². The fourth-order valence-corrected chi connectivity index (χ4v) is 3.23. The number of benzene rings is 1. The fourth-order valence-electron chi connectivity index (χ4n) is 2.10. The van der Waals surface area contributed by atoms with Gasteiger partial charge in [-0.25, -0.2) is 0 Å². The summed E-state index contributed by atoms with van der Waals surface area (Å²) in [6, 6.07) is 7.87. The Balaban J connectivity index is 3.11. The Morgan fingerprint density at radius 3 is 2.24 bits per heavy atom. The minimum absolute atomic E-state index is 0.211. The average molecular weight is 294 g/mol. The van der Waals surface area contributed by atoms with Gasteiger partial charge < -0.3 is 0 Å². The first-order chi connectivity index (χ1) is 8.09. The van der Waals surface area contributed by atoms with Crippen LogP contribution in [0.15, 0.2) is 24.3 Å². The Kier molecular flexibility index (Phi) is 6.12. The summed E-state index contributed by atoms with van der Waals surface area (Å²) in [5.74, 6) is 1.60. The number of hydrogen-bond donors (Lipinski definition) is 0. The topological polar surface area (TPSA) is 0 Å². The predicted octanol–water partition coefficient (Wildman–Crippen LogP) is 5.49. The normalized spacial score (nSPS) is 13.7. The molecule has 0 saturated heterocycles. The van der Waals surface area contributed by atoms with Crippen molar-refractivity contribution < 1.29 is 0 Å². The van der Waals surface area contributed by atoms with E-state index in [4.69, 9.17) is 34.8 Å². The van der Waals surface area contributed by atoms with Gasteiger partial charge in [0.1, 0.15) is 0 Å². The largest absolute Gasteiger partial charge is 0.126 e. The molecule has 1 unspecified atom stereocenters. The molecular formula is C14H19Cl3. The van der Waals surface area contributed by atoms with Crippen LogP contribution < -0.4 is 0 Å². The summed E-state index contributed by atoms with van der Waals surface area (Å²) in [6.45, 7) is 4.41. The molecule has 0 radical (unpaired) electrons. The zero-order chi connectivity index (χ0) is 12.9. The van der Waals surface area contributed by atoms with E-state index in [-0.39, 0.29) is 5.41 Å². The number of alkyl halides is 2. The third-order valence-corrected chi connectivity index (χ3v) is 4.75. The van der Waals surface area contributed by atoms with Gasteiger partial charge in [0.2, 0.25) is 0 Å². The van der Waals surface area contributed by atoms with E-state index in [2.05, 4.69) is 13.8 Å². The van der Waals surface area contributed by atoms with Crippen LogP contribution in [0.2, 0.25) is 5.02 Å². The lowest BCUT2D eigenvalue weighted by molar-refractivity contribution is 0.380. The second kappa shape index (κ2) is 6.87. The molecule has 0 aliphatic heterocycles. The molecule has 0 saturated carbocycles. The molecule has 1 atom stereocenters. The third kappa shape index (κ3) is 3.53. The maximum Gasteiger partial charge on any atom is 0.0444 e. The van der Waals surface area contributed by atoms with Crippen LogP contribution in [-0.2, 0) is 5.41 Å². The van der Waals surface area contributed by atoms with Gasteiger partial charge >= 0.3 is 0 Å². The Hall–Kier alpha value is 0.0900. The van der Waals surface area contributed by atoms with Crippen LogP contribution in [0.4, 0.5) is 0 Å². The summed E-state index contributed by atoms with van der Waals surface area (Å²) in [7, 11) is 0. The smallest absolute Gasteiger partial charge is 0.0444 e. The lowest BCUT2D eigenvalue weighted by Crippen LogP contribution is -2.33. The van der Waals surface area contributed by atoms with Crippen molar-refractivity contribution in [1.29, 1.82) is 0 Å². The van der Waals surface area contributed by atoms with Crippen LogP contribution in [0.1, 0.15) is 32.3 Å².